The Morgan fingerprint density at radius 1 is 0.850 bits per heavy atom. The summed E-state index contributed by atoms with van der Waals surface area (Å²) in [6.45, 7) is 11.8. The summed E-state index contributed by atoms with van der Waals surface area (Å²) in [7, 11) is 0. The molecule has 0 radical (unpaired) electrons. The van der Waals surface area contributed by atoms with E-state index < -0.39 is 49.5 Å². The van der Waals surface area contributed by atoms with Gasteiger partial charge in [-0.05, 0) is 104 Å². The summed E-state index contributed by atoms with van der Waals surface area (Å²) in [5.41, 5.74) is 0.517. The second-order valence-corrected chi connectivity index (χ2v) is 15.6. The highest BCUT2D eigenvalue weighted by atomic mass is 16.7. The van der Waals surface area contributed by atoms with Crippen LogP contribution in [0.4, 0.5) is 0 Å². The van der Waals surface area contributed by atoms with Crippen molar-refractivity contribution >= 4 is 0 Å². The Balaban J connectivity index is 1.24. The van der Waals surface area contributed by atoms with Crippen LogP contribution in [0.3, 0.4) is 0 Å². The number of rotatable bonds is 8. The van der Waals surface area contributed by atoms with Gasteiger partial charge in [0, 0.05) is 0 Å². The third-order valence-corrected chi connectivity index (χ3v) is 13.0. The predicted molar refractivity (Wildman–Crippen MR) is 153 cm³/mol. The fourth-order valence-corrected chi connectivity index (χ4v) is 10.8. The number of aliphatic hydroxyl groups is 5. The molecule has 7 nitrogen and oxygen atoms in total. The largest absolute Gasteiger partial charge is 0.394 e. The Kier molecular flexibility index (Phi) is 9.36. The molecular formula is C33H58O7. The van der Waals surface area contributed by atoms with E-state index in [0.29, 0.717) is 30.1 Å². The highest BCUT2D eigenvalue weighted by Crippen LogP contribution is 2.68. The van der Waals surface area contributed by atoms with Crippen LogP contribution < -0.4 is 0 Å². The smallest absolute Gasteiger partial charge is 0.187 e. The maximum atomic E-state index is 11.4. The van der Waals surface area contributed by atoms with Gasteiger partial charge in [-0.15, -0.1) is 0 Å². The molecule has 1 heterocycles. The zero-order chi connectivity index (χ0) is 29.0. The van der Waals surface area contributed by atoms with Crippen molar-refractivity contribution in [2.24, 2.45) is 52.3 Å². The Hall–Kier alpha value is -0.280. The van der Waals surface area contributed by atoms with Crippen LogP contribution in [0.15, 0.2) is 0 Å². The van der Waals surface area contributed by atoms with Gasteiger partial charge in [0.15, 0.2) is 6.29 Å². The van der Waals surface area contributed by atoms with Crippen molar-refractivity contribution in [2.75, 3.05) is 6.61 Å². The first-order valence-corrected chi connectivity index (χ1v) is 16.5. The lowest BCUT2D eigenvalue weighted by Gasteiger charge is -2.62. The minimum absolute atomic E-state index is 0.0693. The second kappa shape index (κ2) is 12.0. The van der Waals surface area contributed by atoms with E-state index >= 15 is 0 Å². The second-order valence-electron chi connectivity index (χ2n) is 15.6. The molecule has 0 aromatic heterocycles. The van der Waals surface area contributed by atoms with Crippen LogP contribution in [0.5, 0.6) is 0 Å². The summed E-state index contributed by atoms with van der Waals surface area (Å²) in [5.74, 6) is 5.02. The van der Waals surface area contributed by atoms with E-state index in [4.69, 9.17) is 9.47 Å². The minimum atomic E-state index is -1.47. The van der Waals surface area contributed by atoms with E-state index in [1.54, 1.807) is 0 Å². The SMILES string of the molecule is CC(C)CCC[C@@H](C)[C@H]1CC[C@H]2[C@@H]3CC[C@H]4C[C@@H](O[C@@H]5O[C@H](CO)[C@@H](O)[C@H](O)[C@H]5O)[C@H](O)C[C@]4(C)[C@H]3CC[C@]12C. The lowest BCUT2D eigenvalue weighted by molar-refractivity contribution is -0.324. The molecule has 40 heavy (non-hydrogen) atoms. The molecule has 0 unspecified atom stereocenters. The molecule has 5 fully saturated rings. The number of aliphatic hydroxyl groups excluding tert-OH is 5. The quantitative estimate of drug-likeness (QED) is 0.279. The summed E-state index contributed by atoms with van der Waals surface area (Å²) in [4.78, 5) is 0. The van der Waals surface area contributed by atoms with Gasteiger partial charge in [0.25, 0.3) is 0 Å². The molecule has 0 spiro atoms. The summed E-state index contributed by atoms with van der Waals surface area (Å²) < 4.78 is 11.7. The maximum absolute atomic E-state index is 11.4. The van der Waals surface area contributed by atoms with Crippen molar-refractivity contribution in [3.05, 3.63) is 0 Å². The number of ether oxygens (including phenoxy) is 2. The third-order valence-electron chi connectivity index (χ3n) is 13.0. The zero-order valence-corrected chi connectivity index (χ0v) is 25.6. The van der Waals surface area contributed by atoms with Gasteiger partial charge in [0.05, 0.1) is 18.8 Å². The van der Waals surface area contributed by atoms with Crippen LogP contribution in [-0.4, -0.2) is 75.1 Å². The van der Waals surface area contributed by atoms with Gasteiger partial charge >= 0.3 is 0 Å². The van der Waals surface area contributed by atoms with E-state index in [-0.39, 0.29) is 5.41 Å². The first-order chi connectivity index (χ1) is 18.9. The van der Waals surface area contributed by atoms with Gasteiger partial charge in [0.1, 0.15) is 24.4 Å². The van der Waals surface area contributed by atoms with E-state index in [1.165, 1.54) is 51.4 Å². The van der Waals surface area contributed by atoms with Gasteiger partial charge < -0.3 is 35.0 Å². The van der Waals surface area contributed by atoms with E-state index in [0.717, 1.165) is 36.0 Å². The molecule has 1 saturated heterocycles. The van der Waals surface area contributed by atoms with E-state index in [9.17, 15) is 25.5 Å². The van der Waals surface area contributed by atoms with Crippen LogP contribution >= 0.6 is 0 Å². The standard InChI is InChI=1S/C33H58O7/c1-18(2)7-6-8-19(3)22-11-12-23-21-10-9-20-15-26(39-31-30(38)29(37)28(36)27(17-34)40-31)25(35)16-33(20,5)24(21)13-14-32(22,23)4/h18-31,34-38H,6-17H2,1-5H3/t19-,20+,21+,22-,23+,24+,25-,26-,27-,28-,29+,30-,31-,32-,33+/m1/s1. The Bertz CT molecular complexity index is 851. The van der Waals surface area contributed by atoms with Gasteiger partial charge in [-0.25, -0.2) is 0 Å². The molecule has 0 bridgehead atoms. The average Bonchev–Trinajstić information content (AvgIpc) is 3.26. The Morgan fingerprint density at radius 2 is 1.57 bits per heavy atom. The summed E-state index contributed by atoms with van der Waals surface area (Å²) >= 11 is 0. The van der Waals surface area contributed by atoms with Crippen molar-refractivity contribution in [3.63, 3.8) is 0 Å². The van der Waals surface area contributed by atoms with Gasteiger partial charge in [-0.1, -0.05) is 53.9 Å². The van der Waals surface area contributed by atoms with Crippen LogP contribution in [-0.2, 0) is 9.47 Å². The molecule has 5 rings (SSSR count). The predicted octanol–water partition coefficient (Wildman–Crippen LogP) is 4.26. The van der Waals surface area contributed by atoms with Crippen molar-refractivity contribution in [3.8, 4) is 0 Å². The van der Waals surface area contributed by atoms with Crippen molar-refractivity contribution in [2.45, 2.75) is 148 Å². The normalized spacial score (nSPS) is 51.7. The molecule has 15 atom stereocenters. The lowest BCUT2D eigenvalue weighted by atomic mass is 9.44. The molecule has 7 heteroatoms. The average molecular weight is 567 g/mol. The first-order valence-electron chi connectivity index (χ1n) is 16.5. The zero-order valence-electron chi connectivity index (χ0n) is 25.6. The molecule has 5 aliphatic rings. The molecule has 4 saturated carbocycles. The number of hydrogen-bond donors (Lipinski definition) is 5. The highest BCUT2D eigenvalue weighted by Gasteiger charge is 2.62. The van der Waals surface area contributed by atoms with Crippen molar-refractivity contribution < 1.29 is 35.0 Å². The molecule has 232 valence electrons. The van der Waals surface area contributed by atoms with Crippen LogP contribution in [0.2, 0.25) is 0 Å². The molecule has 0 amide bonds. The molecule has 5 N–H and O–H groups in total. The maximum Gasteiger partial charge on any atom is 0.187 e. The molecule has 0 aromatic carbocycles. The molecule has 1 aliphatic heterocycles. The van der Waals surface area contributed by atoms with E-state index in [2.05, 4.69) is 34.6 Å². The van der Waals surface area contributed by atoms with E-state index in [1.807, 2.05) is 0 Å². The van der Waals surface area contributed by atoms with Crippen molar-refractivity contribution in [1.82, 2.24) is 0 Å². The lowest BCUT2D eigenvalue weighted by Crippen LogP contribution is -2.61. The van der Waals surface area contributed by atoms with Gasteiger partial charge in [-0.3, -0.25) is 0 Å². The summed E-state index contributed by atoms with van der Waals surface area (Å²) in [6, 6.07) is 0. The highest BCUT2D eigenvalue weighted by molar-refractivity contribution is 5.11. The van der Waals surface area contributed by atoms with Crippen LogP contribution in [0.25, 0.3) is 0 Å². The Labute approximate surface area is 242 Å². The van der Waals surface area contributed by atoms with Crippen molar-refractivity contribution in [1.29, 1.82) is 0 Å². The minimum Gasteiger partial charge on any atom is -0.394 e. The fraction of sp³-hybridized carbons (Fsp3) is 1.00. The topological polar surface area (TPSA) is 120 Å². The van der Waals surface area contributed by atoms with Gasteiger partial charge in [0.2, 0.25) is 0 Å². The molecular weight excluding hydrogens is 508 g/mol. The summed E-state index contributed by atoms with van der Waals surface area (Å²) in [6.07, 6.45) is 5.43. The number of fused-ring (bicyclic) bond motifs is 5. The first kappa shape index (κ1) is 31.2. The molecule has 4 aliphatic carbocycles. The van der Waals surface area contributed by atoms with Crippen LogP contribution in [0.1, 0.15) is 105 Å². The fourth-order valence-electron chi connectivity index (χ4n) is 10.8. The Morgan fingerprint density at radius 3 is 2.27 bits per heavy atom. The summed E-state index contributed by atoms with van der Waals surface area (Å²) in [5, 5.41) is 51.7. The monoisotopic (exact) mass is 566 g/mol. The number of hydrogen-bond acceptors (Lipinski definition) is 7. The van der Waals surface area contributed by atoms with Crippen LogP contribution in [0, 0.1) is 52.3 Å². The third kappa shape index (κ3) is 5.44. The van der Waals surface area contributed by atoms with Gasteiger partial charge in [-0.2, -0.15) is 0 Å². The molecule has 0 aromatic rings.